The SMILES string of the molecule is CCc1ccc(C(F)(F)OC2CCC(C3CCC(c4cc(F)c(C(F)(F)F)c(F)c4)CC3)CC2)c(F)c1. The summed E-state index contributed by atoms with van der Waals surface area (Å²) in [5, 5.41) is 0. The molecule has 204 valence electrons. The number of rotatable bonds is 6. The van der Waals surface area contributed by atoms with E-state index < -0.39 is 47.0 Å². The lowest BCUT2D eigenvalue weighted by Crippen LogP contribution is -2.32. The van der Waals surface area contributed by atoms with Gasteiger partial charge in [0.05, 0.1) is 11.7 Å². The number of hydrogen-bond acceptors (Lipinski definition) is 1. The van der Waals surface area contributed by atoms with Crippen molar-refractivity contribution in [3.05, 3.63) is 70.0 Å². The van der Waals surface area contributed by atoms with Crippen molar-refractivity contribution < 1.29 is 39.9 Å². The number of aryl methyl sites for hydroxylation is 1. The molecule has 2 aromatic carbocycles. The lowest BCUT2D eigenvalue weighted by atomic mass is 9.69. The molecule has 2 aliphatic rings. The highest BCUT2D eigenvalue weighted by Gasteiger charge is 2.41. The summed E-state index contributed by atoms with van der Waals surface area (Å²) in [5.74, 6) is -3.81. The molecule has 0 radical (unpaired) electrons. The first kappa shape index (κ1) is 27.9. The zero-order valence-electron chi connectivity index (χ0n) is 20.5. The van der Waals surface area contributed by atoms with E-state index in [0.717, 1.165) is 37.1 Å². The van der Waals surface area contributed by atoms with E-state index in [4.69, 9.17) is 4.74 Å². The van der Waals surface area contributed by atoms with Crippen LogP contribution in [-0.4, -0.2) is 6.10 Å². The van der Waals surface area contributed by atoms with Crippen molar-refractivity contribution in [3.63, 3.8) is 0 Å². The largest absolute Gasteiger partial charge is 0.422 e. The number of benzene rings is 2. The van der Waals surface area contributed by atoms with Gasteiger partial charge in [0, 0.05) is 0 Å². The van der Waals surface area contributed by atoms with Crippen LogP contribution in [-0.2, 0) is 23.4 Å². The summed E-state index contributed by atoms with van der Waals surface area (Å²) in [5.41, 5.74) is -1.77. The topological polar surface area (TPSA) is 9.23 Å². The van der Waals surface area contributed by atoms with Crippen LogP contribution in [0.25, 0.3) is 0 Å². The maximum atomic E-state index is 14.7. The van der Waals surface area contributed by atoms with E-state index in [-0.39, 0.29) is 17.4 Å². The number of hydrogen-bond donors (Lipinski definition) is 0. The number of halogens is 8. The van der Waals surface area contributed by atoms with Gasteiger partial charge in [0.15, 0.2) is 0 Å². The summed E-state index contributed by atoms with van der Waals surface area (Å²) in [6, 6.07) is 5.23. The Morgan fingerprint density at radius 2 is 1.27 bits per heavy atom. The minimum Gasteiger partial charge on any atom is -0.313 e. The summed E-state index contributed by atoms with van der Waals surface area (Å²) >= 11 is 0. The van der Waals surface area contributed by atoms with E-state index in [1.54, 1.807) is 0 Å². The molecular formula is C28H30F8O. The lowest BCUT2D eigenvalue weighted by Gasteiger charge is -2.38. The molecular weight excluding hydrogens is 504 g/mol. The molecule has 0 spiro atoms. The second kappa shape index (κ2) is 10.9. The molecule has 1 nitrogen and oxygen atoms in total. The Bertz CT molecular complexity index is 1060. The standard InChI is InChI=1S/C28H30F8O/c1-2-16-3-12-22(23(29)13-16)28(35,36)37-21-10-8-18(9-11-21)17-4-6-19(7-5-17)20-14-24(30)26(25(31)15-20)27(32,33)34/h3,12-15,17-19,21H,2,4-11H2,1H3. The molecule has 2 fully saturated rings. The Kier molecular flexibility index (Phi) is 8.22. The maximum Gasteiger partial charge on any atom is 0.422 e. The molecule has 0 aliphatic heterocycles. The van der Waals surface area contributed by atoms with Gasteiger partial charge in [0.2, 0.25) is 0 Å². The third-order valence-corrected chi connectivity index (χ3v) is 8.05. The highest BCUT2D eigenvalue weighted by Crippen LogP contribution is 2.45. The van der Waals surface area contributed by atoms with E-state index in [2.05, 4.69) is 0 Å². The van der Waals surface area contributed by atoms with Crippen LogP contribution in [0.4, 0.5) is 35.1 Å². The number of ether oxygens (including phenoxy) is 1. The van der Waals surface area contributed by atoms with Crippen molar-refractivity contribution >= 4 is 0 Å². The van der Waals surface area contributed by atoms with Gasteiger partial charge in [0.1, 0.15) is 23.0 Å². The summed E-state index contributed by atoms with van der Waals surface area (Å²) in [6.07, 6.45) is -4.09. The maximum absolute atomic E-state index is 14.7. The van der Waals surface area contributed by atoms with Crippen LogP contribution in [0.5, 0.6) is 0 Å². The average molecular weight is 535 g/mol. The van der Waals surface area contributed by atoms with Crippen molar-refractivity contribution in [2.75, 3.05) is 0 Å². The zero-order chi connectivity index (χ0) is 27.0. The molecule has 0 amide bonds. The van der Waals surface area contributed by atoms with E-state index in [9.17, 15) is 35.1 Å². The van der Waals surface area contributed by atoms with Crippen LogP contribution in [0, 0.1) is 29.3 Å². The van der Waals surface area contributed by atoms with Crippen LogP contribution >= 0.6 is 0 Å². The first-order valence-electron chi connectivity index (χ1n) is 12.8. The second-order valence-electron chi connectivity index (χ2n) is 10.3. The van der Waals surface area contributed by atoms with Crippen LogP contribution in [0.1, 0.15) is 86.5 Å². The normalized spacial score (nSPS) is 25.3. The van der Waals surface area contributed by atoms with Gasteiger partial charge in [-0.05, 0) is 111 Å². The molecule has 2 aliphatic carbocycles. The van der Waals surface area contributed by atoms with Crippen molar-refractivity contribution in [3.8, 4) is 0 Å². The van der Waals surface area contributed by atoms with Crippen molar-refractivity contribution in [1.82, 2.24) is 0 Å². The highest BCUT2D eigenvalue weighted by molar-refractivity contribution is 5.31. The Labute approximate surface area is 211 Å². The Morgan fingerprint density at radius 1 is 0.730 bits per heavy atom. The monoisotopic (exact) mass is 534 g/mol. The third-order valence-electron chi connectivity index (χ3n) is 8.05. The fraction of sp³-hybridized carbons (Fsp3) is 0.571. The van der Waals surface area contributed by atoms with Gasteiger partial charge in [-0.3, -0.25) is 0 Å². The molecule has 0 saturated heterocycles. The molecule has 9 heteroatoms. The molecule has 0 bridgehead atoms. The van der Waals surface area contributed by atoms with Gasteiger partial charge >= 0.3 is 12.3 Å². The van der Waals surface area contributed by atoms with Gasteiger partial charge in [-0.1, -0.05) is 13.0 Å². The molecule has 0 N–H and O–H groups in total. The van der Waals surface area contributed by atoms with Crippen molar-refractivity contribution in [1.29, 1.82) is 0 Å². The molecule has 2 saturated carbocycles. The van der Waals surface area contributed by atoms with Crippen LogP contribution in [0.15, 0.2) is 30.3 Å². The molecule has 37 heavy (non-hydrogen) atoms. The summed E-state index contributed by atoms with van der Waals surface area (Å²) in [7, 11) is 0. The van der Waals surface area contributed by atoms with Crippen molar-refractivity contribution in [2.45, 2.75) is 89.0 Å². The second-order valence-corrected chi connectivity index (χ2v) is 10.3. The smallest absolute Gasteiger partial charge is 0.313 e. The molecule has 0 heterocycles. The summed E-state index contributed by atoms with van der Waals surface area (Å²) in [6.45, 7) is 1.81. The third kappa shape index (κ3) is 6.29. The van der Waals surface area contributed by atoms with E-state index in [1.807, 2.05) is 6.92 Å². The molecule has 0 aromatic heterocycles. The average Bonchev–Trinajstić information content (AvgIpc) is 2.83. The first-order valence-corrected chi connectivity index (χ1v) is 12.8. The van der Waals surface area contributed by atoms with E-state index >= 15 is 0 Å². The zero-order valence-corrected chi connectivity index (χ0v) is 20.5. The summed E-state index contributed by atoms with van der Waals surface area (Å²) < 4.78 is 115. The van der Waals surface area contributed by atoms with Crippen molar-refractivity contribution in [2.24, 2.45) is 11.8 Å². The molecule has 0 unspecified atom stereocenters. The highest BCUT2D eigenvalue weighted by atomic mass is 19.4. The van der Waals surface area contributed by atoms with Gasteiger partial charge < -0.3 is 4.74 Å². The van der Waals surface area contributed by atoms with Gasteiger partial charge in [-0.25, -0.2) is 13.2 Å². The summed E-state index contributed by atoms with van der Waals surface area (Å²) in [4.78, 5) is 0. The Balaban J connectivity index is 1.29. The molecule has 4 rings (SSSR count). The van der Waals surface area contributed by atoms with Crippen LogP contribution in [0.3, 0.4) is 0 Å². The first-order chi connectivity index (χ1) is 17.4. The predicted octanol–water partition coefficient (Wildman–Crippen LogP) is 9.28. The number of alkyl halides is 5. The minimum atomic E-state index is -5.09. The predicted molar refractivity (Wildman–Crippen MR) is 123 cm³/mol. The van der Waals surface area contributed by atoms with Gasteiger partial charge in [-0.2, -0.15) is 22.0 Å². The lowest BCUT2D eigenvalue weighted by molar-refractivity contribution is -0.279. The quantitative estimate of drug-likeness (QED) is 0.336. The Morgan fingerprint density at radius 3 is 1.76 bits per heavy atom. The van der Waals surface area contributed by atoms with Gasteiger partial charge in [0.25, 0.3) is 0 Å². The minimum absolute atomic E-state index is 0.227. The Hall–Kier alpha value is -2.16. The van der Waals surface area contributed by atoms with Crippen LogP contribution < -0.4 is 0 Å². The van der Waals surface area contributed by atoms with Gasteiger partial charge in [-0.15, -0.1) is 0 Å². The molecule has 2 aromatic rings. The molecule has 0 atom stereocenters. The fourth-order valence-corrected chi connectivity index (χ4v) is 5.99. The fourth-order valence-electron chi connectivity index (χ4n) is 5.99. The van der Waals surface area contributed by atoms with E-state index in [1.165, 1.54) is 6.07 Å². The van der Waals surface area contributed by atoms with Crippen LogP contribution in [0.2, 0.25) is 0 Å². The van der Waals surface area contributed by atoms with E-state index in [0.29, 0.717) is 56.4 Å².